The van der Waals surface area contributed by atoms with Crippen molar-refractivity contribution in [2.75, 3.05) is 12.4 Å². The average molecular weight is 305 g/mol. The molecule has 1 aromatic carbocycles. The number of hydrogen-bond acceptors (Lipinski definition) is 5. The number of hydrogen-bond donors (Lipinski definition) is 1. The van der Waals surface area contributed by atoms with Crippen molar-refractivity contribution < 1.29 is 9.53 Å². The van der Waals surface area contributed by atoms with Gasteiger partial charge < -0.3 is 15.0 Å². The van der Waals surface area contributed by atoms with Gasteiger partial charge in [0.05, 0.1) is 12.9 Å². The molecule has 0 aliphatic rings. The number of nitrogens with zero attached hydrogens (tertiary/aromatic N) is 2. The highest BCUT2D eigenvalue weighted by atomic mass is 32.2. The van der Waals surface area contributed by atoms with Crippen molar-refractivity contribution >= 4 is 17.7 Å². The van der Waals surface area contributed by atoms with Crippen LogP contribution in [0.3, 0.4) is 0 Å². The molecule has 0 bridgehead atoms. The van der Waals surface area contributed by atoms with Crippen LogP contribution in [-0.4, -0.2) is 33.9 Å². The second-order valence-corrected chi connectivity index (χ2v) is 5.54. The number of carbonyl (C=O) groups is 1. The minimum Gasteiger partial charge on any atom is -0.465 e. The summed E-state index contributed by atoms with van der Waals surface area (Å²) in [5, 5.41) is 0. The summed E-state index contributed by atoms with van der Waals surface area (Å²) in [6, 6.07) is 7.67. The third kappa shape index (κ3) is 4.61. The zero-order valence-corrected chi connectivity index (χ0v) is 12.8. The van der Waals surface area contributed by atoms with Crippen LogP contribution in [0.4, 0.5) is 0 Å². The van der Waals surface area contributed by atoms with E-state index in [1.165, 1.54) is 5.56 Å². The molecule has 0 saturated heterocycles. The SMILES string of the molecule is CCOC(=O)C(N)CSCc1ccc(-n2ccnc2)cc1. The number of nitrogens with two attached hydrogens (primary N) is 1. The van der Waals surface area contributed by atoms with Gasteiger partial charge in [0, 0.05) is 29.6 Å². The van der Waals surface area contributed by atoms with Gasteiger partial charge in [-0.25, -0.2) is 4.98 Å². The lowest BCUT2D eigenvalue weighted by atomic mass is 10.2. The minimum absolute atomic E-state index is 0.333. The van der Waals surface area contributed by atoms with Gasteiger partial charge in [-0.05, 0) is 24.6 Å². The molecule has 0 radical (unpaired) electrons. The molecule has 1 heterocycles. The van der Waals surface area contributed by atoms with Gasteiger partial charge in [-0.3, -0.25) is 4.79 Å². The van der Waals surface area contributed by atoms with Gasteiger partial charge in [0.1, 0.15) is 6.04 Å². The molecule has 1 aromatic heterocycles. The monoisotopic (exact) mass is 305 g/mol. The van der Waals surface area contributed by atoms with E-state index < -0.39 is 6.04 Å². The number of carbonyl (C=O) groups excluding carboxylic acids is 1. The molecule has 0 aliphatic carbocycles. The number of benzene rings is 1. The third-order valence-electron chi connectivity index (χ3n) is 2.89. The molecule has 0 aliphatic heterocycles. The van der Waals surface area contributed by atoms with Crippen LogP contribution in [0.15, 0.2) is 43.0 Å². The molecule has 6 heteroatoms. The van der Waals surface area contributed by atoms with Gasteiger partial charge in [-0.1, -0.05) is 12.1 Å². The molecule has 0 spiro atoms. The molecular formula is C15H19N3O2S. The first kappa shape index (κ1) is 15.6. The number of esters is 1. The number of aromatic nitrogens is 2. The van der Waals surface area contributed by atoms with E-state index in [4.69, 9.17) is 10.5 Å². The molecule has 2 rings (SSSR count). The third-order valence-corrected chi connectivity index (χ3v) is 4.03. The van der Waals surface area contributed by atoms with E-state index in [1.54, 1.807) is 31.2 Å². The predicted octanol–water partition coefficient (Wildman–Crippen LogP) is 2.00. The molecule has 1 atom stereocenters. The summed E-state index contributed by atoms with van der Waals surface area (Å²) in [6.07, 6.45) is 5.42. The molecular weight excluding hydrogens is 286 g/mol. The quantitative estimate of drug-likeness (QED) is 0.792. The van der Waals surface area contributed by atoms with Crippen molar-refractivity contribution in [2.24, 2.45) is 5.73 Å². The van der Waals surface area contributed by atoms with Crippen LogP contribution in [0.1, 0.15) is 12.5 Å². The van der Waals surface area contributed by atoms with Crippen molar-refractivity contribution in [3.05, 3.63) is 48.5 Å². The fourth-order valence-electron chi connectivity index (χ4n) is 1.80. The minimum atomic E-state index is -0.555. The van der Waals surface area contributed by atoms with E-state index in [0.29, 0.717) is 12.4 Å². The maximum absolute atomic E-state index is 11.4. The van der Waals surface area contributed by atoms with Crippen LogP contribution in [0.25, 0.3) is 5.69 Å². The van der Waals surface area contributed by atoms with Crippen LogP contribution in [-0.2, 0) is 15.3 Å². The Balaban J connectivity index is 1.80. The lowest BCUT2D eigenvalue weighted by molar-refractivity contribution is -0.144. The van der Waals surface area contributed by atoms with Gasteiger partial charge in [-0.2, -0.15) is 11.8 Å². The first-order chi connectivity index (χ1) is 10.2. The Hall–Kier alpha value is -1.79. The number of rotatable bonds is 7. The Morgan fingerprint density at radius 2 is 2.19 bits per heavy atom. The summed E-state index contributed by atoms with van der Waals surface area (Å²) in [6.45, 7) is 2.15. The highest BCUT2D eigenvalue weighted by Crippen LogP contribution is 2.15. The van der Waals surface area contributed by atoms with E-state index in [1.807, 2.05) is 22.9 Å². The molecule has 21 heavy (non-hydrogen) atoms. The van der Waals surface area contributed by atoms with Crippen LogP contribution in [0.2, 0.25) is 0 Å². The highest BCUT2D eigenvalue weighted by Gasteiger charge is 2.14. The molecule has 5 nitrogen and oxygen atoms in total. The average Bonchev–Trinajstić information content (AvgIpc) is 3.02. The van der Waals surface area contributed by atoms with Crippen LogP contribution in [0, 0.1) is 0 Å². The Bertz CT molecular complexity index is 555. The maximum atomic E-state index is 11.4. The normalized spacial score (nSPS) is 12.1. The zero-order valence-electron chi connectivity index (χ0n) is 11.9. The van der Waals surface area contributed by atoms with Crippen LogP contribution in [0.5, 0.6) is 0 Å². The predicted molar refractivity (Wildman–Crippen MR) is 84.3 cm³/mol. The lowest BCUT2D eigenvalue weighted by Gasteiger charge is -2.10. The van der Waals surface area contributed by atoms with Crippen molar-refractivity contribution in [1.82, 2.24) is 9.55 Å². The van der Waals surface area contributed by atoms with Gasteiger partial charge in [0.2, 0.25) is 0 Å². The van der Waals surface area contributed by atoms with E-state index in [9.17, 15) is 4.79 Å². The van der Waals surface area contributed by atoms with E-state index in [2.05, 4.69) is 17.1 Å². The number of ether oxygens (including phenoxy) is 1. The maximum Gasteiger partial charge on any atom is 0.323 e. The van der Waals surface area contributed by atoms with E-state index >= 15 is 0 Å². The van der Waals surface area contributed by atoms with Crippen molar-refractivity contribution in [3.63, 3.8) is 0 Å². The summed E-state index contributed by atoms with van der Waals surface area (Å²) in [4.78, 5) is 15.4. The Morgan fingerprint density at radius 3 is 2.81 bits per heavy atom. The van der Waals surface area contributed by atoms with Gasteiger partial charge >= 0.3 is 5.97 Å². The molecule has 0 fully saturated rings. The molecule has 1 unspecified atom stereocenters. The Labute approximate surface area is 128 Å². The van der Waals surface area contributed by atoms with E-state index in [-0.39, 0.29) is 5.97 Å². The largest absolute Gasteiger partial charge is 0.465 e. The van der Waals surface area contributed by atoms with Crippen molar-refractivity contribution in [1.29, 1.82) is 0 Å². The van der Waals surface area contributed by atoms with Crippen molar-refractivity contribution in [3.8, 4) is 5.69 Å². The van der Waals surface area contributed by atoms with Gasteiger partial charge in [0.25, 0.3) is 0 Å². The summed E-state index contributed by atoms with van der Waals surface area (Å²) in [5.74, 6) is 1.04. The fraction of sp³-hybridized carbons (Fsp3) is 0.333. The van der Waals surface area contributed by atoms with Crippen molar-refractivity contribution in [2.45, 2.75) is 18.7 Å². The summed E-state index contributed by atoms with van der Waals surface area (Å²) in [5.41, 5.74) is 8.02. The Morgan fingerprint density at radius 1 is 1.43 bits per heavy atom. The smallest absolute Gasteiger partial charge is 0.323 e. The van der Waals surface area contributed by atoms with Crippen LogP contribution < -0.4 is 5.73 Å². The fourth-order valence-corrected chi connectivity index (χ4v) is 2.73. The van der Waals surface area contributed by atoms with Gasteiger partial charge in [0.15, 0.2) is 0 Å². The van der Waals surface area contributed by atoms with Gasteiger partial charge in [-0.15, -0.1) is 0 Å². The molecule has 0 saturated carbocycles. The molecule has 2 N–H and O–H groups in total. The first-order valence-corrected chi connectivity index (χ1v) is 7.93. The standard InChI is InChI=1S/C15H19N3O2S/c1-2-20-15(19)14(16)10-21-9-12-3-5-13(6-4-12)18-8-7-17-11-18/h3-8,11,14H,2,9-10,16H2,1H3. The highest BCUT2D eigenvalue weighted by molar-refractivity contribution is 7.98. The molecule has 0 amide bonds. The lowest BCUT2D eigenvalue weighted by Crippen LogP contribution is -2.34. The number of imidazole rings is 1. The van der Waals surface area contributed by atoms with Crippen LogP contribution >= 0.6 is 11.8 Å². The summed E-state index contributed by atoms with van der Waals surface area (Å²) in [7, 11) is 0. The second kappa shape index (κ2) is 7.85. The molecule has 112 valence electrons. The second-order valence-electron chi connectivity index (χ2n) is 4.51. The Kier molecular flexibility index (Phi) is 5.83. The topological polar surface area (TPSA) is 70.1 Å². The summed E-state index contributed by atoms with van der Waals surface area (Å²) < 4.78 is 6.83. The summed E-state index contributed by atoms with van der Waals surface area (Å²) >= 11 is 1.63. The number of thioether (sulfide) groups is 1. The van der Waals surface area contributed by atoms with E-state index in [0.717, 1.165) is 11.4 Å². The first-order valence-electron chi connectivity index (χ1n) is 6.78. The molecule has 2 aromatic rings. The zero-order chi connectivity index (χ0) is 15.1.